The first-order valence-corrected chi connectivity index (χ1v) is 13.2. The second kappa shape index (κ2) is 11.0. The van der Waals surface area contributed by atoms with Gasteiger partial charge in [0.25, 0.3) is 5.91 Å². The van der Waals surface area contributed by atoms with Crippen molar-refractivity contribution in [3.8, 4) is 11.3 Å². The van der Waals surface area contributed by atoms with E-state index in [-0.39, 0.29) is 11.9 Å². The Bertz CT molecular complexity index is 1290. The summed E-state index contributed by atoms with van der Waals surface area (Å²) in [5.74, 6) is -0.00807. The molecule has 194 valence electrons. The molecule has 3 aromatic rings. The highest BCUT2D eigenvalue weighted by Crippen LogP contribution is 2.32. The lowest BCUT2D eigenvalue weighted by atomic mass is 9.64. The van der Waals surface area contributed by atoms with Crippen molar-refractivity contribution in [3.05, 3.63) is 75.9 Å². The number of amides is 1. The molecule has 3 heterocycles. The van der Waals surface area contributed by atoms with Crippen molar-refractivity contribution in [1.82, 2.24) is 14.4 Å². The molecule has 0 radical (unpaired) electrons. The van der Waals surface area contributed by atoms with Gasteiger partial charge in [-0.25, -0.2) is 0 Å². The van der Waals surface area contributed by atoms with E-state index in [2.05, 4.69) is 27.9 Å². The summed E-state index contributed by atoms with van der Waals surface area (Å²) in [4.78, 5) is 23.4. The Morgan fingerprint density at radius 2 is 1.89 bits per heavy atom. The molecule has 37 heavy (non-hydrogen) atoms. The molecule has 1 fully saturated rings. The number of hydrogen-bond acceptors (Lipinski definition) is 5. The molecule has 5 rings (SSSR count). The van der Waals surface area contributed by atoms with Crippen LogP contribution in [-0.2, 0) is 29.6 Å². The molecule has 1 amide bonds. The minimum atomic E-state index is -0.491. The number of benzene rings is 2. The number of morpholine rings is 1. The van der Waals surface area contributed by atoms with Crippen LogP contribution in [0.1, 0.15) is 27.2 Å². The summed E-state index contributed by atoms with van der Waals surface area (Å²) in [5.41, 5.74) is 6.54. The lowest BCUT2D eigenvalue weighted by Crippen LogP contribution is -2.52. The number of ether oxygens (including phenoxy) is 1. The van der Waals surface area contributed by atoms with Crippen LogP contribution in [-0.4, -0.2) is 71.3 Å². The Morgan fingerprint density at radius 1 is 1.16 bits per heavy atom. The van der Waals surface area contributed by atoms with Gasteiger partial charge in [0.05, 0.1) is 13.2 Å². The molecule has 1 N–H and O–H groups in total. The van der Waals surface area contributed by atoms with Crippen LogP contribution in [0.4, 0.5) is 0 Å². The first-order valence-electron chi connectivity index (χ1n) is 12.8. The quantitative estimate of drug-likeness (QED) is 0.303. The largest absolute Gasteiger partial charge is 0.379 e. The molecule has 9 heteroatoms. The maximum Gasteiger partial charge on any atom is 0.371 e. The van der Waals surface area contributed by atoms with Gasteiger partial charge in [-0.1, -0.05) is 42.7 Å². The third kappa shape index (κ3) is 5.22. The van der Waals surface area contributed by atoms with Gasteiger partial charge in [-0.2, -0.15) is 0 Å². The highest BCUT2D eigenvalue weighted by atomic mass is 35.5. The molecule has 2 aliphatic heterocycles. The monoisotopic (exact) mass is 521 g/mol. The van der Waals surface area contributed by atoms with Gasteiger partial charge >= 0.3 is 6.92 Å². The van der Waals surface area contributed by atoms with Gasteiger partial charge in [-0.05, 0) is 54.2 Å². The van der Waals surface area contributed by atoms with Gasteiger partial charge in [-0.15, -0.1) is 0 Å². The minimum absolute atomic E-state index is 0.00807. The second-order valence-electron chi connectivity index (χ2n) is 10.0. The third-order valence-electron chi connectivity index (χ3n) is 7.85. The number of halogens is 1. The maximum atomic E-state index is 14.3. The van der Waals surface area contributed by atoms with Gasteiger partial charge in [-0.3, -0.25) is 15.0 Å². The van der Waals surface area contributed by atoms with Crippen molar-refractivity contribution < 1.29 is 19.6 Å². The zero-order chi connectivity index (χ0) is 26.1. The molecule has 7 nitrogen and oxygen atoms in total. The highest BCUT2D eigenvalue weighted by molar-refractivity contribution is 6.66. The molecular formula is C28H33BClN3O4. The van der Waals surface area contributed by atoms with Gasteiger partial charge in [0.1, 0.15) is 0 Å². The van der Waals surface area contributed by atoms with Gasteiger partial charge < -0.3 is 19.0 Å². The molecule has 1 unspecified atom stereocenters. The molecule has 1 aromatic heterocycles. The van der Waals surface area contributed by atoms with E-state index >= 15 is 0 Å². The van der Waals surface area contributed by atoms with Crippen molar-refractivity contribution >= 4 is 29.9 Å². The average molecular weight is 522 g/mol. The summed E-state index contributed by atoms with van der Waals surface area (Å²) in [7, 11) is 1.95. The van der Waals surface area contributed by atoms with E-state index in [4.69, 9.17) is 16.3 Å². The normalized spacial score (nSPS) is 18.1. The summed E-state index contributed by atoms with van der Waals surface area (Å²) >= 11 is 6.45. The van der Waals surface area contributed by atoms with Crippen molar-refractivity contribution in [2.45, 2.75) is 32.8 Å². The highest BCUT2D eigenvalue weighted by Gasteiger charge is 2.33. The molecule has 2 aliphatic rings. The van der Waals surface area contributed by atoms with E-state index in [0.29, 0.717) is 17.1 Å². The van der Waals surface area contributed by atoms with Crippen LogP contribution >= 0.6 is 11.6 Å². The summed E-state index contributed by atoms with van der Waals surface area (Å²) in [6, 6.07) is 15.9. The number of carbonyl (C=O) groups excluding carboxylic acids is 1. The number of aromatic nitrogens is 1. The number of rotatable bonds is 6. The van der Waals surface area contributed by atoms with Crippen molar-refractivity contribution in [3.63, 3.8) is 0 Å². The van der Waals surface area contributed by atoms with Crippen LogP contribution < -0.4 is 5.46 Å². The van der Waals surface area contributed by atoms with Crippen LogP contribution in [0, 0.1) is 6.92 Å². The minimum Gasteiger partial charge on any atom is -0.379 e. The predicted octanol–water partition coefficient (Wildman–Crippen LogP) is 3.87. The molecule has 0 spiro atoms. The predicted molar refractivity (Wildman–Crippen MR) is 147 cm³/mol. The van der Waals surface area contributed by atoms with Crippen molar-refractivity contribution in [2.24, 2.45) is 7.05 Å². The van der Waals surface area contributed by atoms with Crippen molar-refractivity contribution in [1.29, 1.82) is 0 Å². The van der Waals surface area contributed by atoms with E-state index in [1.807, 2.05) is 47.7 Å². The smallest absolute Gasteiger partial charge is 0.371 e. The summed E-state index contributed by atoms with van der Waals surface area (Å²) in [6.07, 6.45) is 0.820. The first-order chi connectivity index (χ1) is 17.9. The maximum absolute atomic E-state index is 14.3. The van der Waals surface area contributed by atoms with Crippen LogP contribution in [0.5, 0.6) is 0 Å². The molecule has 0 aliphatic carbocycles. The average Bonchev–Trinajstić information content (AvgIpc) is 3.22. The first kappa shape index (κ1) is 26.0. The van der Waals surface area contributed by atoms with Crippen molar-refractivity contribution in [2.75, 3.05) is 32.8 Å². The van der Waals surface area contributed by atoms with Crippen LogP contribution in [0.15, 0.2) is 48.5 Å². The summed E-state index contributed by atoms with van der Waals surface area (Å²) < 4.78 is 7.57. The van der Waals surface area contributed by atoms with Gasteiger partial charge in [0, 0.05) is 66.8 Å². The Morgan fingerprint density at radius 3 is 2.62 bits per heavy atom. The van der Waals surface area contributed by atoms with E-state index in [1.54, 1.807) is 12.9 Å². The zero-order valence-electron chi connectivity index (χ0n) is 21.6. The van der Waals surface area contributed by atoms with Crippen LogP contribution in [0.25, 0.3) is 11.3 Å². The SMILES string of the molecule is CB(OO)c1cc(-c2cc(Cl)ccc2C(=O)N2Cc3ccccc3CC2CN2CCOCC2)n(C)c1C. The molecule has 2 aromatic carbocycles. The lowest BCUT2D eigenvalue weighted by molar-refractivity contribution is -0.141. The van der Waals surface area contributed by atoms with E-state index in [0.717, 1.165) is 61.7 Å². The zero-order valence-corrected chi connectivity index (χ0v) is 22.4. The van der Waals surface area contributed by atoms with E-state index in [9.17, 15) is 10.1 Å². The fourth-order valence-electron chi connectivity index (χ4n) is 5.59. The Hall–Kier alpha value is -2.62. The molecule has 1 atom stereocenters. The molecule has 0 saturated carbocycles. The number of carbonyl (C=O) groups is 1. The Kier molecular flexibility index (Phi) is 7.74. The Balaban J connectivity index is 1.54. The fourth-order valence-corrected chi connectivity index (χ4v) is 5.76. The van der Waals surface area contributed by atoms with Crippen LogP contribution in [0.2, 0.25) is 11.8 Å². The second-order valence-corrected chi connectivity index (χ2v) is 10.5. The lowest BCUT2D eigenvalue weighted by Gasteiger charge is -2.40. The molecular weight excluding hydrogens is 489 g/mol. The number of hydrogen-bond donors (Lipinski definition) is 1. The third-order valence-corrected chi connectivity index (χ3v) is 8.08. The van der Waals surface area contributed by atoms with Gasteiger partial charge in [0.15, 0.2) is 0 Å². The summed E-state index contributed by atoms with van der Waals surface area (Å²) in [6.45, 7) is 7.86. The summed E-state index contributed by atoms with van der Waals surface area (Å²) in [5, 5.41) is 9.84. The van der Waals surface area contributed by atoms with Gasteiger partial charge in [0.2, 0.25) is 0 Å². The van der Waals surface area contributed by atoms with E-state index in [1.165, 1.54) is 11.1 Å². The number of nitrogens with zero attached hydrogens (tertiary/aromatic N) is 3. The molecule has 0 bridgehead atoms. The number of fused-ring (bicyclic) bond motifs is 1. The Labute approximate surface area is 223 Å². The molecule has 1 saturated heterocycles. The topological polar surface area (TPSA) is 67.2 Å². The van der Waals surface area contributed by atoms with Crippen LogP contribution in [0.3, 0.4) is 0 Å². The van der Waals surface area contributed by atoms with E-state index < -0.39 is 6.92 Å². The standard InChI is InChI=1S/C28H33BClN3O4/c1-19-26(29(2)37-35)16-27(31(19)3)25-15-22(30)8-9-24(25)28(34)33-17-21-7-5-4-6-20(21)14-23(33)18-32-10-12-36-13-11-32/h4-9,15-16,23,35H,10-14,17-18H2,1-3H3. The fraction of sp³-hybridized carbons (Fsp3) is 0.393.